The molecule has 0 atom stereocenters. The van der Waals surface area contributed by atoms with Gasteiger partial charge in [0.1, 0.15) is 5.69 Å². The Labute approximate surface area is 118 Å². The van der Waals surface area contributed by atoms with Crippen LogP contribution in [0.1, 0.15) is 44.4 Å². The van der Waals surface area contributed by atoms with Gasteiger partial charge >= 0.3 is 0 Å². The summed E-state index contributed by atoms with van der Waals surface area (Å²) < 4.78 is 5.43. The molecule has 2 heterocycles. The average Bonchev–Trinajstić information content (AvgIpc) is 2.99. The number of hydrogen-bond donors (Lipinski definition) is 1. The molecule has 5 nitrogen and oxygen atoms in total. The topological polar surface area (TPSA) is 63.8 Å². The van der Waals surface area contributed by atoms with Crippen LogP contribution in [0.3, 0.4) is 0 Å². The van der Waals surface area contributed by atoms with Crippen LogP contribution in [0.25, 0.3) is 11.5 Å². The fourth-order valence-electron chi connectivity index (χ4n) is 2.83. The normalized spacial score (nSPS) is 22.9. The maximum Gasteiger partial charge on any atom is 0.230 e. The quantitative estimate of drug-likeness (QED) is 0.927. The van der Waals surface area contributed by atoms with Crippen molar-refractivity contribution in [2.75, 3.05) is 6.54 Å². The molecule has 0 radical (unpaired) electrons. The number of rotatable bonds is 4. The second-order valence-electron chi connectivity index (χ2n) is 5.28. The molecule has 0 unspecified atom stereocenters. The molecule has 20 heavy (non-hydrogen) atoms. The summed E-state index contributed by atoms with van der Waals surface area (Å²) in [6.45, 7) is 3.20. The third-order valence-electron chi connectivity index (χ3n) is 3.90. The van der Waals surface area contributed by atoms with E-state index in [1.54, 1.807) is 6.20 Å². The fourth-order valence-corrected chi connectivity index (χ4v) is 2.83. The van der Waals surface area contributed by atoms with Gasteiger partial charge in [0.15, 0.2) is 0 Å². The Hall–Kier alpha value is -1.75. The molecule has 0 spiro atoms. The number of nitrogens with one attached hydrogen (secondary N) is 1. The van der Waals surface area contributed by atoms with Crippen molar-refractivity contribution in [1.29, 1.82) is 0 Å². The summed E-state index contributed by atoms with van der Waals surface area (Å²) in [4.78, 5) is 8.76. The molecule has 2 aromatic rings. The molecule has 1 aliphatic carbocycles. The highest BCUT2D eigenvalue weighted by Gasteiger charge is 2.26. The Morgan fingerprint density at radius 2 is 2.10 bits per heavy atom. The number of nitrogens with zero attached hydrogens (tertiary/aromatic N) is 3. The third kappa shape index (κ3) is 2.88. The first kappa shape index (κ1) is 13.2. The second-order valence-corrected chi connectivity index (χ2v) is 5.28. The van der Waals surface area contributed by atoms with E-state index < -0.39 is 0 Å². The van der Waals surface area contributed by atoms with Crippen molar-refractivity contribution in [3.8, 4) is 11.5 Å². The Kier molecular flexibility index (Phi) is 4.06. The molecule has 1 N–H and O–H groups in total. The Morgan fingerprint density at radius 3 is 2.80 bits per heavy atom. The van der Waals surface area contributed by atoms with Crippen LogP contribution in [0.4, 0.5) is 0 Å². The Morgan fingerprint density at radius 1 is 1.25 bits per heavy atom. The first-order chi connectivity index (χ1) is 9.86. The number of hydrogen-bond acceptors (Lipinski definition) is 5. The molecular formula is C15H20N4O. The van der Waals surface area contributed by atoms with Gasteiger partial charge in [0, 0.05) is 18.2 Å². The summed E-state index contributed by atoms with van der Waals surface area (Å²) >= 11 is 0. The van der Waals surface area contributed by atoms with Gasteiger partial charge in [-0.2, -0.15) is 4.98 Å². The molecule has 1 saturated carbocycles. The van der Waals surface area contributed by atoms with Gasteiger partial charge in [-0.05, 0) is 44.4 Å². The van der Waals surface area contributed by atoms with Crippen molar-refractivity contribution >= 4 is 0 Å². The summed E-state index contributed by atoms with van der Waals surface area (Å²) in [7, 11) is 0. The average molecular weight is 272 g/mol. The smallest absolute Gasteiger partial charge is 0.230 e. The van der Waals surface area contributed by atoms with Gasteiger partial charge in [0.2, 0.25) is 11.7 Å². The highest BCUT2D eigenvalue weighted by Crippen LogP contribution is 2.32. The van der Waals surface area contributed by atoms with Crippen molar-refractivity contribution in [2.45, 2.75) is 44.6 Å². The minimum absolute atomic E-state index is 0.398. The predicted molar refractivity (Wildman–Crippen MR) is 76.2 cm³/mol. The molecule has 106 valence electrons. The molecule has 0 amide bonds. The van der Waals surface area contributed by atoms with E-state index in [-0.39, 0.29) is 0 Å². The molecular weight excluding hydrogens is 252 g/mol. The van der Waals surface area contributed by atoms with Crippen LogP contribution >= 0.6 is 0 Å². The van der Waals surface area contributed by atoms with Crippen LogP contribution in [0, 0.1) is 0 Å². The maximum absolute atomic E-state index is 5.43. The van der Waals surface area contributed by atoms with Crippen LogP contribution < -0.4 is 5.32 Å². The van der Waals surface area contributed by atoms with E-state index in [1.165, 1.54) is 12.8 Å². The van der Waals surface area contributed by atoms with Gasteiger partial charge in [-0.1, -0.05) is 18.1 Å². The van der Waals surface area contributed by atoms with E-state index in [4.69, 9.17) is 4.52 Å². The lowest BCUT2D eigenvalue weighted by atomic mass is 9.86. The summed E-state index contributed by atoms with van der Waals surface area (Å²) in [5.74, 6) is 1.75. The van der Waals surface area contributed by atoms with E-state index in [0.29, 0.717) is 17.8 Å². The standard InChI is InChI=1S/C15H20N4O/c1-2-16-12-8-6-11(7-9-12)15-18-14(19-20-15)13-5-3-4-10-17-13/h3-5,10-12,16H,2,6-9H2,1H3. The van der Waals surface area contributed by atoms with Gasteiger partial charge in [0.25, 0.3) is 0 Å². The van der Waals surface area contributed by atoms with Gasteiger partial charge < -0.3 is 9.84 Å². The molecule has 1 aliphatic rings. The van der Waals surface area contributed by atoms with E-state index >= 15 is 0 Å². The lowest BCUT2D eigenvalue weighted by Gasteiger charge is -2.26. The van der Waals surface area contributed by atoms with E-state index in [2.05, 4.69) is 27.4 Å². The van der Waals surface area contributed by atoms with Crippen molar-refractivity contribution in [1.82, 2.24) is 20.4 Å². The largest absolute Gasteiger partial charge is 0.339 e. The zero-order valence-electron chi connectivity index (χ0n) is 11.7. The highest BCUT2D eigenvalue weighted by atomic mass is 16.5. The SMILES string of the molecule is CCNC1CCC(c2nc(-c3ccccn3)no2)CC1. The molecule has 0 bridgehead atoms. The minimum atomic E-state index is 0.398. The van der Waals surface area contributed by atoms with Crippen LogP contribution in [-0.2, 0) is 0 Å². The van der Waals surface area contributed by atoms with Crippen molar-refractivity contribution in [3.63, 3.8) is 0 Å². The van der Waals surface area contributed by atoms with Crippen LogP contribution in [-0.4, -0.2) is 27.7 Å². The molecule has 1 fully saturated rings. The molecule has 3 rings (SSSR count). The maximum atomic E-state index is 5.43. The summed E-state index contributed by atoms with van der Waals surface area (Å²) in [6, 6.07) is 6.36. The third-order valence-corrected chi connectivity index (χ3v) is 3.90. The lowest BCUT2D eigenvalue weighted by Crippen LogP contribution is -2.32. The van der Waals surface area contributed by atoms with Gasteiger partial charge in [0.05, 0.1) is 0 Å². The first-order valence-corrected chi connectivity index (χ1v) is 7.35. The first-order valence-electron chi connectivity index (χ1n) is 7.35. The summed E-state index contributed by atoms with van der Waals surface area (Å²) in [6.07, 6.45) is 6.33. The van der Waals surface area contributed by atoms with Crippen molar-refractivity contribution < 1.29 is 4.52 Å². The predicted octanol–water partition coefficient (Wildman–Crippen LogP) is 2.77. The van der Waals surface area contributed by atoms with Crippen LogP contribution in [0.5, 0.6) is 0 Å². The van der Waals surface area contributed by atoms with Gasteiger partial charge in [-0.3, -0.25) is 4.98 Å². The number of pyridine rings is 1. The van der Waals surface area contributed by atoms with Crippen LogP contribution in [0.2, 0.25) is 0 Å². The van der Waals surface area contributed by atoms with Gasteiger partial charge in [-0.25, -0.2) is 0 Å². The molecule has 2 aromatic heterocycles. The van der Waals surface area contributed by atoms with Crippen LogP contribution in [0.15, 0.2) is 28.9 Å². The Balaban J connectivity index is 1.66. The summed E-state index contributed by atoms with van der Waals surface area (Å²) in [5, 5.41) is 7.56. The second kappa shape index (κ2) is 6.13. The number of aromatic nitrogens is 3. The lowest BCUT2D eigenvalue weighted by molar-refractivity contribution is 0.284. The van der Waals surface area contributed by atoms with E-state index in [0.717, 1.165) is 31.0 Å². The summed E-state index contributed by atoms with van der Waals surface area (Å²) in [5.41, 5.74) is 0.767. The zero-order chi connectivity index (χ0) is 13.8. The van der Waals surface area contributed by atoms with Crippen molar-refractivity contribution in [3.05, 3.63) is 30.3 Å². The molecule has 0 aliphatic heterocycles. The molecule has 0 saturated heterocycles. The monoisotopic (exact) mass is 272 g/mol. The van der Waals surface area contributed by atoms with E-state index in [1.807, 2.05) is 18.2 Å². The van der Waals surface area contributed by atoms with E-state index in [9.17, 15) is 0 Å². The Bertz CT molecular complexity index is 532. The molecule has 5 heteroatoms. The zero-order valence-corrected chi connectivity index (χ0v) is 11.7. The minimum Gasteiger partial charge on any atom is -0.339 e. The van der Waals surface area contributed by atoms with Gasteiger partial charge in [-0.15, -0.1) is 0 Å². The fraction of sp³-hybridized carbons (Fsp3) is 0.533. The van der Waals surface area contributed by atoms with Crippen molar-refractivity contribution in [2.24, 2.45) is 0 Å². The molecule has 0 aromatic carbocycles. The highest BCUT2D eigenvalue weighted by molar-refractivity contribution is 5.47.